The fourth-order valence-electron chi connectivity index (χ4n) is 2.37. The van der Waals surface area contributed by atoms with Gasteiger partial charge in [0.25, 0.3) is 0 Å². The quantitative estimate of drug-likeness (QED) is 0.812. The van der Waals surface area contributed by atoms with E-state index in [1.165, 1.54) is 0 Å². The molecule has 108 valence electrons. The van der Waals surface area contributed by atoms with E-state index in [1.54, 1.807) is 6.20 Å². The summed E-state index contributed by atoms with van der Waals surface area (Å²) in [6.07, 6.45) is 3.94. The molecule has 1 aliphatic rings. The molecule has 0 aliphatic carbocycles. The van der Waals surface area contributed by atoms with Crippen molar-refractivity contribution in [1.82, 2.24) is 14.8 Å². The van der Waals surface area contributed by atoms with Crippen molar-refractivity contribution < 1.29 is 4.79 Å². The Morgan fingerprint density at radius 2 is 2.20 bits per heavy atom. The molecule has 1 aliphatic heterocycles. The highest BCUT2D eigenvalue weighted by atomic mass is 32.1. The summed E-state index contributed by atoms with van der Waals surface area (Å²) in [6, 6.07) is 3.79. The third-order valence-electron chi connectivity index (χ3n) is 3.39. The second kappa shape index (κ2) is 6.76. The van der Waals surface area contributed by atoms with Crippen molar-refractivity contribution in [3.8, 4) is 0 Å². The molecule has 1 aromatic rings. The van der Waals surface area contributed by atoms with Crippen LogP contribution in [0, 0.1) is 0 Å². The first kappa shape index (κ1) is 14.9. The summed E-state index contributed by atoms with van der Waals surface area (Å²) < 4.78 is 0. The number of carbonyl (C=O) groups excluding carboxylic acids is 1. The van der Waals surface area contributed by atoms with Crippen molar-refractivity contribution in [3.63, 3.8) is 0 Å². The lowest BCUT2D eigenvalue weighted by atomic mass is 10.2. The number of likely N-dealkylation sites (tertiary alicyclic amines) is 1. The molecule has 0 aromatic carbocycles. The Hall–Kier alpha value is -1.53. The number of amides is 1. The molecule has 20 heavy (non-hydrogen) atoms. The summed E-state index contributed by atoms with van der Waals surface area (Å²) in [5.41, 5.74) is 7.25. The molecule has 0 bridgehead atoms. The van der Waals surface area contributed by atoms with Crippen LogP contribution < -0.4 is 5.73 Å². The van der Waals surface area contributed by atoms with Crippen molar-refractivity contribution >= 4 is 23.1 Å². The molecule has 5 nitrogen and oxygen atoms in total. The number of aromatic nitrogens is 1. The molecule has 1 fully saturated rings. The van der Waals surface area contributed by atoms with Gasteiger partial charge in [-0.15, -0.1) is 0 Å². The van der Waals surface area contributed by atoms with Gasteiger partial charge in [0, 0.05) is 25.8 Å². The van der Waals surface area contributed by atoms with Gasteiger partial charge >= 0.3 is 0 Å². The number of hydrogen-bond acceptors (Lipinski definition) is 4. The van der Waals surface area contributed by atoms with Gasteiger partial charge in [0.1, 0.15) is 4.99 Å². The molecule has 6 heteroatoms. The predicted molar refractivity (Wildman–Crippen MR) is 82.3 cm³/mol. The van der Waals surface area contributed by atoms with E-state index < -0.39 is 0 Å². The fourth-order valence-corrected chi connectivity index (χ4v) is 2.48. The molecule has 0 radical (unpaired) electrons. The minimum absolute atomic E-state index is 0.202. The maximum Gasteiger partial charge on any atom is 0.236 e. The highest BCUT2D eigenvalue weighted by Crippen LogP contribution is 2.09. The molecule has 2 heterocycles. The minimum atomic E-state index is 0.202. The number of rotatable bonds is 5. The van der Waals surface area contributed by atoms with E-state index >= 15 is 0 Å². The first-order chi connectivity index (χ1) is 9.56. The van der Waals surface area contributed by atoms with E-state index in [-0.39, 0.29) is 5.91 Å². The molecule has 0 saturated carbocycles. The van der Waals surface area contributed by atoms with Crippen molar-refractivity contribution in [2.45, 2.75) is 19.4 Å². The third-order valence-corrected chi connectivity index (χ3v) is 3.60. The van der Waals surface area contributed by atoms with E-state index in [9.17, 15) is 4.79 Å². The summed E-state index contributed by atoms with van der Waals surface area (Å²) >= 11 is 4.92. The maximum absolute atomic E-state index is 12.1. The topological polar surface area (TPSA) is 62.5 Å². The van der Waals surface area contributed by atoms with Gasteiger partial charge in [0.2, 0.25) is 5.91 Å². The van der Waals surface area contributed by atoms with Gasteiger partial charge in [-0.1, -0.05) is 12.2 Å². The first-order valence-electron chi connectivity index (χ1n) is 6.77. The number of carbonyl (C=O) groups is 1. The molecule has 1 amide bonds. The SMILES string of the molecule is CN(CC(=O)N1CCCC1)Cc1ccnc(C(N)=S)c1. The van der Waals surface area contributed by atoms with Crippen LogP contribution >= 0.6 is 12.2 Å². The molecular weight excluding hydrogens is 272 g/mol. The van der Waals surface area contributed by atoms with E-state index in [1.807, 2.05) is 29.0 Å². The van der Waals surface area contributed by atoms with Crippen molar-refractivity contribution in [1.29, 1.82) is 0 Å². The summed E-state index contributed by atoms with van der Waals surface area (Å²) in [4.78, 5) is 20.4. The maximum atomic E-state index is 12.1. The van der Waals surface area contributed by atoms with Crippen LogP contribution in [-0.2, 0) is 11.3 Å². The zero-order valence-corrected chi connectivity index (χ0v) is 12.5. The molecule has 1 saturated heterocycles. The Morgan fingerprint density at radius 1 is 1.50 bits per heavy atom. The smallest absolute Gasteiger partial charge is 0.236 e. The molecule has 0 spiro atoms. The Kier molecular flexibility index (Phi) is 5.03. The fraction of sp³-hybridized carbons (Fsp3) is 0.500. The molecular formula is C14H20N4OS. The summed E-state index contributed by atoms with van der Waals surface area (Å²) in [5, 5.41) is 0. The number of likely N-dealkylation sites (N-methyl/N-ethyl adjacent to an activating group) is 1. The third kappa shape index (κ3) is 3.98. The average molecular weight is 292 g/mol. The van der Waals surface area contributed by atoms with Gasteiger partial charge in [0.05, 0.1) is 12.2 Å². The van der Waals surface area contributed by atoms with Crippen LogP contribution in [0.1, 0.15) is 24.1 Å². The van der Waals surface area contributed by atoms with Gasteiger partial charge in [-0.05, 0) is 37.6 Å². The number of nitrogens with two attached hydrogens (primary N) is 1. The standard InChI is InChI=1S/C14H20N4OS/c1-17(10-13(19)18-6-2-3-7-18)9-11-4-5-16-12(8-11)14(15)20/h4-5,8H,2-3,6-7,9-10H2,1H3,(H2,15,20). The molecule has 0 unspecified atom stereocenters. The van der Waals surface area contributed by atoms with Crippen LogP contribution in [-0.4, -0.2) is 52.4 Å². The lowest BCUT2D eigenvalue weighted by Crippen LogP contribution is -2.37. The van der Waals surface area contributed by atoms with Crippen LogP contribution in [0.2, 0.25) is 0 Å². The minimum Gasteiger partial charge on any atom is -0.388 e. The van der Waals surface area contributed by atoms with Crippen LogP contribution in [0.5, 0.6) is 0 Å². The second-order valence-corrected chi connectivity index (χ2v) is 5.61. The predicted octanol–water partition coefficient (Wildman–Crippen LogP) is 0.770. The normalized spacial score (nSPS) is 14.8. The van der Waals surface area contributed by atoms with Gasteiger partial charge in [-0.2, -0.15) is 0 Å². The van der Waals surface area contributed by atoms with Gasteiger partial charge in [-0.3, -0.25) is 14.7 Å². The van der Waals surface area contributed by atoms with Crippen LogP contribution in [0.4, 0.5) is 0 Å². The Morgan fingerprint density at radius 3 is 2.85 bits per heavy atom. The lowest BCUT2D eigenvalue weighted by Gasteiger charge is -2.21. The van der Waals surface area contributed by atoms with Crippen molar-refractivity contribution in [3.05, 3.63) is 29.6 Å². The Labute approximate surface area is 124 Å². The van der Waals surface area contributed by atoms with Gasteiger partial charge < -0.3 is 10.6 Å². The molecule has 0 atom stereocenters. The number of nitrogens with zero attached hydrogens (tertiary/aromatic N) is 3. The van der Waals surface area contributed by atoms with Crippen LogP contribution in [0.15, 0.2) is 18.3 Å². The number of pyridine rings is 1. The van der Waals surface area contributed by atoms with E-state index in [0.29, 0.717) is 23.8 Å². The van der Waals surface area contributed by atoms with Gasteiger partial charge in [0.15, 0.2) is 0 Å². The summed E-state index contributed by atoms with van der Waals surface area (Å²) in [5.74, 6) is 0.202. The summed E-state index contributed by atoms with van der Waals surface area (Å²) in [7, 11) is 1.94. The van der Waals surface area contributed by atoms with E-state index in [0.717, 1.165) is 31.5 Å². The number of thiocarbonyl (C=S) groups is 1. The van der Waals surface area contributed by atoms with Crippen LogP contribution in [0.25, 0.3) is 0 Å². The summed E-state index contributed by atoms with van der Waals surface area (Å²) in [6.45, 7) is 2.91. The zero-order chi connectivity index (χ0) is 14.5. The highest BCUT2D eigenvalue weighted by Gasteiger charge is 2.19. The van der Waals surface area contributed by atoms with Crippen molar-refractivity contribution in [2.75, 3.05) is 26.7 Å². The first-order valence-corrected chi connectivity index (χ1v) is 7.18. The van der Waals surface area contributed by atoms with E-state index in [2.05, 4.69) is 4.98 Å². The number of hydrogen-bond donors (Lipinski definition) is 1. The molecule has 1 aromatic heterocycles. The van der Waals surface area contributed by atoms with E-state index in [4.69, 9.17) is 18.0 Å². The molecule has 2 N–H and O–H groups in total. The van der Waals surface area contributed by atoms with Gasteiger partial charge in [-0.25, -0.2) is 0 Å². The Balaban J connectivity index is 1.90. The monoisotopic (exact) mass is 292 g/mol. The Bertz CT molecular complexity index is 500. The van der Waals surface area contributed by atoms with Crippen LogP contribution in [0.3, 0.4) is 0 Å². The second-order valence-electron chi connectivity index (χ2n) is 5.17. The average Bonchev–Trinajstić information content (AvgIpc) is 2.92. The zero-order valence-electron chi connectivity index (χ0n) is 11.7. The lowest BCUT2D eigenvalue weighted by molar-refractivity contribution is -0.131. The van der Waals surface area contributed by atoms with Crippen molar-refractivity contribution in [2.24, 2.45) is 5.73 Å². The highest BCUT2D eigenvalue weighted by molar-refractivity contribution is 7.80. The largest absolute Gasteiger partial charge is 0.388 e. The molecule has 2 rings (SSSR count).